The number of nitrogens with two attached hydrogens (primary N) is 1. The number of anilines is 2. The minimum atomic E-state index is -0.587. The number of primary amides is 1. The Bertz CT molecular complexity index is 882. The van der Waals surface area contributed by atoms with Crippen LogP contribution in [0.15, 0.2) is 30.5 Å². The molecule has 1 fully saturated rings. The standard InChI is InChI=1S/C20H25N5O3/c1-20(2,27-3)14-4-6-15(7-5-14)23-19-16(18(22)26)11-25(24-19)17-12-28-9-8-13(17)10-21/h4-7,11,13,17H,8-9,12H2,1-3H3,(H2,22,26)(H,23,24)/t13-,17-/m0/s1. The molecule has 2 atom stereocenters. The van der Waals surface area contributed by atoms with E-state index in [1.54, 1.807) is 18.0 Å². The van der Waals surface area contributed by atoms with Gasteiger partial charge in [-0.3, -0.25) is 9.48 Å². The summed E-state index contributed by atoms with van der Waals surface area (Å²) in [5.74, 6) is -0.456. The van der Waals surface area contributed by atoms with Crippen molar-refractivity contribution in [1.29, 1.82) is 5.26 Å². The zero-order chi connectivity index (χ0) is 20.3. The summed E-state index contributed by atoms with van der Waals surface area (Å²) in [5.41, 5.74) is 7.19. The highest BCUT2D eigenvalue weighted by molar-refractivity contribution is 5.98. The molecule has 148 valence electrons. The molecule has 1 saturated heterocycles. The first kappa shape index (κ1) is 19.9. The number of benzene rings is 1. The molecule has 2 heterocycles. The van der Waals surface area contributed by atoms with Gasteiger partial charge >= 0.3 is 0 Å². The number of ether oxygens (including phenoxy) is 2. The van der Waals surface area contributed by atoms with Crippen LogP contribution < -0.4 is 11.1 Å². The Morgan fingerprint density at radius 3 is 2.75 bits per heavy atom. The molecule has 0 spiro atoms. The van der Waals surface area contributed by atoms with Crippen LogP contribution in [0.1, 0.15) is 42.2 Å². The van der Waals surface area contributed by atoms with E-state index in [0.29, 0.717) is 25.5 Å². The summed E-state index contributed by atoms with van der Waals surface area (Å²) in [6.07, 6.45) is 2.21. The molecule has 0 saturated carbocycles. The Balaban J connectivity index is 1.86. The average molecular weight is 383 g/mol. The lowest BCUT2D eigenvalue weighted by Gasteiger charge is -2.26. The molecule has 3 N–H and O–H groups in total. The van der Waals surface area contributed by atoms with Gasteiger partial charge in [0.1, 0.15) is 5.56 Å². The lowest BCUT2D eigenvalue weighted by molar-refractivity contribution is 0.0192. The van der Waals surface area contributed by atoms with Gasteiger partial charge in [-0.15, -0.1) is 0 Å². The van der Waals surface area contributed by atoms with E-state index in [1.807, 2.05) is 38.1 Å². The molecule has 1 amide bonds. The predicted octanol–water partition coefficient (Wildman–Crippen LogP) is 2.71. The third kappa shape index (κ3) is 4.01. The highest BCUT2D eigenvalue weighted by Gasteiger charge is 2.29. The molecule has 28 heavy (non-hydrogen) atoms. The van der Waals surface area contributed by atoms with E-state index in [1.165, 1.54) is 0 Å². The Morgan fingerprint density at radius 1 is 1.43 bits per heavy atom. The first-order chi connectivity index (χ1) is 13.4. The van der Waals surface area contributed by atoms with Crippen molar-refractivity contribution in [2.24, 2.45) is 11.7 Å². The summed E-state index contributed by atoms with van der Waals surface area (Å²) in [7, 11) is 1.67. The molecular formula is C20H25N5O3. The van der Waals surface area contributed by atoms with Gasteiger partial charge in [-0.1, -0.05) is 12.1 Å². The van der Waals surface area contributed by atoms with Gasteiger partial charge in [0.05, 0.1) is 30.2 Å². The van der Waals surface area contributed by atoms with Crippen molar-refractivity contribution in [2.75, 3.05) is 25.6 Å². The lowest BCUT2D eigenvalue weighted by atomic mass is 9.97. The Morgan fingerprint density at radius 2 is 2.14 bits per heavy atom. The van der Waals surface area contributed by atoms with Crippen molar-refractivity contribution in [3.05, 3.63) is 41.6 Å². The van der Waals surface area contributed by atoms with Gasteiger partial charge < -0.3 is 20.5 Å². The number of hydrogen-bond donors (Lipinski definition) is 2. The summed E-state index contributed by atoms with van der Waals surface area (Å²) in [6, 6.07) is 9.73. The fourth-order valence-electron chi connectivity index (χ4n) is 3.18. The molecule has 2 aromatic rings. The van der Waals surface area contributed by atoms with E-state index >= 15 is 0 Å². The Hall–Kier alpha value is -2.89. The van der Waals surface area contributed by atoms with Crippen LogP contribution in [-0.2, 0) is 15.1 Å². The second-order valence-corrected chi connectivity index (χ2v) is 7.32. The maximum atomic E-state index is 11.9. The minimum Gasteiger partial charge on any atom is -0.379 e. The molecular weight excluding hydrogens is 358 g/mol. The topological polar surface area (TPSA) is 115 Å². The summed E-state index contributed by atoms with van der Waals surface area (Å²) in [4.78, 5) is 11.9. The van der Waals surface area contributed by atoms with Gasteiger partial charge in [0.25, 0.3) is 5.91 Å². The van der Waals surface area contributed by atoms with Crippen LogP contribution in [0.3, 0.4) is 0 Å². The molecule has 0 radical (unpaired) electrons. The monoisotopic (exact) mass is 383 g/mol. The molecule has 1 aromatic heterocycles. The van der Waals surface area contributed by atoms with Crippen LogP contribution >= 0.6 is 0 Å². The first-order valence-electron chi connectivity index (χ1n) is 9.14. The summed E-state index contributed by atoms with van der Waals surface area (Å²) < 4.78 is 12.6. The zero-order valence-electron chi connectivity index (χ0n) is 16.3. The fourth-order valence-corrected chi connectivity index (χ4v) is 3.18. The quantitative estimate of drug-likeness (QED) is 0.792. The maximum absolute atomic E-state index is 11.9. The van der Waals surface area contributed by atoms with Crippen LogP contribution in [0.25, 0.3) is 0 Å². The Kier molecular flexibility index (Phi) is 5.68. The van der Waals surface area contributed by atoms with E-state index in [2.05, 4.69) is 16.5 Å². The van der Waals surface area contributed by atoms with E-state index < -0.39 is 11.5 Å². The van der Waals surface area contributed by atoms with Crippen LogP contribution in [-0.4, -0.2) is 36.0 Å². The number of nitriles is 1. The number of methoxy groups -OCH3 is 1. The number of nitrogens with one attached hydrogen (secondary N) is 1. The number of aromatic nitrogens is 2. The van der Waals surface area contributed by atoms with E-state index in [4.69, 9.17) is 15.2 Å². The van der Waals surface area contributed by atoms with Gasteiger partial charge in [-0.25, -0.2) is 0 Å². The van der Waals surface area contributed by atoms with Gasteiger partial charge in [0, 0.05) is 25.6 Å². The van der Waals surface area contributed by atoms with Crippen molar-refractivity contribution in [2.45, 2.75) is 31.9 Å². The lowest BCUT2D eigenvalue weighted by Crippen LogP contribution is -2.29. The third-order valence-electron chi connectivity index (χ3n) is 5.18. The number of nitrogens with zero attached hydrogens (tertiary/aromatic N) is 3. The summed E-state index contributed by atoms with van der Waals surface area (Å²) in [5, 5.41) is 17.0. The van der Waals surface area contributed by atoms with Crippen LogP contribution in [0, 0.1) is 17.2 Å². The van der Waals surface area contributed by atoms with Crippen molar-refractivity contribution in [3.63, 3.8) is 0 Å². The summed E-state index contributed by atoms with van der Waals surface area (Å²) in [6.45, 7) is 4.90. The van der Waals surface area contributed by atoms with Gasteiger partial charge in [-0.05, 0) is 38.0 Å². The first-order valence-corrected chi connectivity index (χ1v) is 9.14. The molecule has 1 aliphatic rings. The number of amides is 1. The molecule has 3 rings (SSSR count). The third-order valence-corrected chi connectivity index (χ3v) is 5.18. The van der Waals surface area contributed by atoms with Crippen molar-refractivity contribution in [1.82, 2.24) is 9.78 Å². The van der Waals surface area contributed by atoms with Crippen molar-refractivity contribution >= 4 is 17.4 Å². The number of hydrogen-bond acceptors (Lipinski definition) is 6. The van der Waals surface area contributed by atoms with Gasteiger partial charge in [0.15, 0.2) is 5.82 Å². The van der Waals surface area contributed by atoms with Crippen LogP contribution in [0.5, 0.6) is 0 Å². The number of carbonyl (C=O) groups excluding carboxylic acids is 1. The molecule has 1 aliphatic heterocycles. The second kappa shape index (κ2) is 8.00. The average Bonchev–Trinajstić information content (AvgIpc) is 3.12. The highest BCUT2D eigenvalue weighted by atomic mass is 16.5. The second-order valence-electron chi connectivity index (χ2n) is 7.32. The van der Waals surface area contributed by atoms with Crippen molar-refractivity contribution in [3.8, 4) is 6.07 Å². The van der Waals surface area contributed by atoms with Crippen molar-refractivity contribution < 1.29 is 14.3 Å². The van der Waals surface area contributed by atoms with Gasteiger partial charge in [-0.2, -0.15) is 10.4 Å². The molecule has 8 heteroatoms. The minimum absolute atomic E-state index is 0.224. The summed E-state index contributed by atoms with van der Waals surface area (Å²) >= 11 is 0. The van der Waals surface area contributed by atoms with E-state index in [9.17, 15) is 10.1 Å². The molecule has 0 bridgehead atoms. The van der Waals surface area contributed by atoms with E-state index in [0.717, 1.165) is 11.3 Å². The SMILES string of the molecule is COC(C)(C)c1ccc(Nc2nn([C@H]3COCC[C@H]3C#N)cc2C(N)=O)cc1. The highest BCUT2D eigenvalue weighted by Crippen LogP contribution is 2.29. The zero-order valence-corrected chi connectivity index (χ0v) is 16.3. The fraction of sp³-hybridized carbons (Fsp3) is 0.450. The van der Waals surface area contributed by atoms with E-state index in [-0.39, 0.29) is 17.5 Å². The molecule has 8 nitrogen and oxygen atoms in total. The predicted molar refractivity (Wildman–Crippen MR) is 104 cm³/mol. The van der Waals surface area contributed by atoms with Gasteiger partial charge in [0.2, 0.25) is 0 Å². The molecule has 0 aliphatic carbocycles. The van der Waals surface area contributed by atoms with Crippen LogP contribution in [0.4, 0.5) is 11.5 Å². The normalized spacial score (nSPS) is 19.8. The molecule has 0 unspecified atom stereocenters. The molecule has 1 aromatic carbocycles. The number of rotatable bonds is 6. The number of carbonyl (C=O) groups is 1. The smallest absolute Gasteiger partial charge is 0.254 e. The Labute approximate surface area is 164 Å². The van der Waals surface area contributed by atoms with Crippen LogP contribution in [0.2, 0.25) is 0 Å². The largest absolute Gasteiger partial charge is 0.379 e. The maximum Gasteiger partial charge on any atom is 0.254 e.